The second-order valence-electron chi connectivity index (χ2n) is 4.61. The zero-order chi connectivity index (χ0) is 13.7. The van der Waals surface area contributed by atoms with Crippen molar-refractivity contribution in [1.29, 1.82) is 0 Å². The number of benzene rings is 2. The average Bonchev–Trinajstić information content (AvgIpc) is 2.47. The first-order valence-corrected chi connectivity index (χ1v) is 8.05. The van der Waals surface area contributed by atoms with Gasteiger partial charge in [-0.25, -0.2) is 0 Å². The molecule has 0 saturated heterocycles. The van der Waals surface area contributed by atoms with E-state index >= 15 is 0 Å². The minimum atomic E-state index is -0.291. The molecule has 0 radical (unpaired) electrons. The van der Waals surface area contributed by atoms with Gasteiger partial charge in [0.05, 0.1) is 12.2 Å². The molecule has 0 aromatic heterocycles. The van der Waals surface area contributed by atoms with Crippen LogP contribution in [-0.4, -0.2) is 4.43 Å². The highest BCUT2D eigenvalue weighted by molar-refractivity contribution is 14.1. The number of ether oxygens (including phenoxy) is 1. The van der Waals surface area contributed by atoms with E-state index < -0.39 is 0 Å². The molecule has 1 nitrogen and oxygen atoms in total. The number of hydrogen-bond acceptors (Lipinski definition) is 1. The molecule has 0 aliphatic heterocycles. The summed E-state index contributed by atoms with van der Waals surface area (Å²) < 4.78 is 7.03. The number of alkyl halides is 1. The third-order valence-corrected chi connectivity index (χ3v) is 4.97. The van der Waals surface area contributed by atoms with Gasteiger partial charge in [0.25, 0.3) is 0 Å². The van der Waals surface area contributed by atoms with Gasteiger partial charge in [0.1, 0.15) is 0 Å². The summed E-state index contributed by atoms with van der Waals surface area (Å²) >= 11 is 8.52. The van der Waals surface area contributed by atoms with Crippen LogP contribution in [0.25, 0.3) is 0 Å². The maximum atomic E-state index is 6.16. The Morgan fingerprint density at radius 3 is 2.32 bits per heavy atom. The van der Waals surface area contributed by atoms with E-state index in [0.717, 1.165) is 15.0 Å². The van der Waals surface area contributed by atoms with Gasteiger partial charge in [-0.2, -0.15) is 0 Å². The molecular formula is C16H16ClIO. The molecule has 0 fully saturated rings. The van der Waals surface area contributed by atoms with E-state index in [-0.39, 0.29) is 5.60 Å². The average molecular weight is 387 g/mol. The highest BCUT2D eigenvalue weighted by Gasteiger charge is 2.26. The molecule has 2 rings (SSSR count). The maximum Gasteiger partial charge on any atom is 0.0996 e. The van der Waals surface area contributed by atoms with E-state index in [4.69, 9.17) is 16.3 Å². The van der Waals surface area contributed by atoms with Crippen LogP contribution in [0.2, 0.25) is 5.02 Å². The fraction of sp³-hybridized carbons (Fsp3) is 0.250. The monoisotopic (exact) mass is 386 g/mol. The summed E-state index contributed by atoms with van der Waals surface area (Å²) in [5.74, 6) is 0. The first-order valence-electron chi connectivity index (χ1n) is 6.14. The Morgan fingerprint density at radius 2 is 1.68 bits per heavy atom. The van der Waals surface area contributed by atoms with Crippen LogP contribution in [0.4, 0.5) is 0 Å². The molecule has 100 valence electrons. The highest BCUT2D eigenvalue weighted by atomic mass is 127. The molecule has 1 atom stereocenters. The largest absolute Gasteiger partial charge is 0.365 e. The van der Waals surface area contributed by atoms with Crippen molar-refractivity contribution in [2.24, 2.45) is 0 Å². The van der Waals surface area contributed by atoms with E-state index in [9.17, 15) is 0 Å². The predicted octanol–water partition coefficient (Wildman–Crippen LogP) is 5.21. The lowest BCUT2D eigenvalue weighted by Crippen LogP contribution is -2.27. The second kappa shape index (κ2) is 6.73. The zero-order valence-electron chi connectivity index (χ0n) is 10.8. The van der Waals surface area contributed by atoms with E-state index in [0.29, 0.717) is 6.61 Å². The lowest BCUT2D eigenvalue weighted by molar-refractivity contribution is -0.0275. The minimum absolute atomic E-state index is 0.291. The second-order valence-corrected chi connectivity index (χ2v) is 5.78. The van der Waals surface area contributed by atoms with Crippen LogP contribution in [0, 0.1) is 0 Å². The van der Waals surface area contributed by atoms with Crippen LogP contribution < -0.4 is 0 Å². The van der Waals surface area contributed by atoms with Gasteiger partial charge in [0.15, 0.2) is 0 Å². The summed E-state index contributed by atoms with van der Waals surface area (Å²) in [7, 11) is 0. The third-order valence-electron chi connectivity index (χ3n) is 3.14. The molecule has 3 heteroatoms. The molecule has 1 unspecified atom stereocenters. The number of rotatable bonds is 5. The van der Waals surface area contributed by atoms with Crippen molar-refractivity contribution in [3.8, 4) is 0 Å². The van der Waals surface area contributed by atoms with Crippen molar-refractivity contribution < 1.29 is 4.74 Å². The summed E-state index contributed by atoms with van der Waals surface area (Å²) in [6.45, 7) is 2.64. The Balaban J connectivity index is 2.14. The van der Waals surface area contributed by atoms with Crippen molar-refractivity contribution in [2.75, 3.05) is 4.43 Å². The van der Waals surface area contributed by atoms with Crippen molar-refractivity contribution in [3.05, 3.63) is 70.7 Å². The highest BCUT2D eigenvalue weighted by Crippen LogP contribution is 2.29. The molecule has 0 bridgehead atoms. The van der Waals surface area contributed by atoms with E-state index in [1.807, 2.05) is 42.5 Å². The van der Waals surface area contributed by atoms with Gasteiger partial charge < -0.3 is 4.74 Å². The normalized spacial score (nSPS) is 14.1. The minimum Gasteiger partial charge on any atom is -0.365 e. The molecule has 0 saturated carbocycles. The van der Waals surface area contributed by atoms with E-state index in [2.05, 4.69) is 41.6 Å². The van der Waals surface area contributed by atoms with Gasteiger partial charge >= 0.3 is 0 Å². The zero-order valence-corrected chi connectivity index (χ0v) is 13.7. The summed E-state index contributed by atoms with van der Waals surface area (Å²) in [6, 6.07) is 18.1. The van der Waals surface area contributed by atoms with Crippen molar-refractivity contribution in [1.82, 2.24) is 0 Å². The maximum absolute atomic E-state index is 6.16. The van der Waals surface area contributed by atoms with Gasteiger partial charge in [0, 0.05) is 9.45 Å². The fourth-order valence-corrected chi connectivity index (χ4v) is 2.69. The van der Waals surface area contributed by atoms with Crippen LogP contribution in [-0.2, 0) is 16.9 Å². The molecule has 0 aliphatic carbocycles. The Kier molecular flexibility index (Phi) is 5.25. The summed E-state index contributed by atoms with van der Waals surface area (Å²) in [5, 5.41) is 0.756. The molecule has 0 aliphatic rings. The molecule has 0 amide bonds. The SMILES string of the molecule is CC(CI)(OCc1ccccc1Cl)c1ccccc1. The quantitative estimate of drug-likeness (QED) is 0.506. The van der Waals surface area contributed by atoms with Crippen LogP contribution in [0.3, 0.4) is 0 Å². The van der Waals surface area contributed by atoms with Gasteiger partial charge in [-0.15, -0.1) is 0 Å². The Labute approximate surface area is 133 Å². The first-order chi connectivity index (χ1) is 9.15. The van der Waals surface area contributed by atoms with Crippen molar-refractivity contribution >= 4 is 34.2 Å². The topological polar surface area (TPSA) is 9.23 Å². The summed E-state index contributed by atoms with van der Waals surface area (Å²) in [4.78, 5) is 0. The Hall–Kier alpha value is -0.580. The van der Waals surface area contributed by atoms with Crippen LogP contribution >= 0.6 is 34.2 Å². The Morgan fingerprint density at radius 1 is 1.05 bits per heavy atom. The molecule has 0 spiro atoms. The number of hydrogen-bond donors (Lipinski definition) is 0. The fourth-order valence-electron chi connectivity index (χ4n) is 1.84. The summed E-state index contributed by atoms with van der Waals surface area (Å²) in [6.07, 6.45) is 0. The molecule has 2 aromatic carbocycles. The van der Waals surface area contributed by atoms with Gasteiger partial charge in [-0.3, -0.25) is 0 Å². The van der Waals surface area contributed by atoms with Gasteiger partial charge in [0.2, 0.25) is 0 Å². The molecule has 0 N–H and O–H groups in total. The van der Waals surface area contributed by atoms with Crippen LogP contribution in [0.1, 0.15) is 18.1 Å². The van der Waals surface area contributed by atoms with Crippen molar-refractivity contribution in [2.45, 2.75) is 19.1 Å². The molecular weight excluding hydrogens is 371 g/mol. The lowest BCUT2D eigenvalue weighted by atomic mass is 9.98. The lowest BCUT2D eigenvalue weighted by Gasteiger charge is -2.28. The smallest absolute Gasteiger partial charge is 0.0996 e. The number of halogens is 2. The summed E-state index contributed by atoms with van der Waals surface area (Å²) in [5.41, 5.74) is 1.92. The van der Waals surface area contributed by atoms with Crippen LogP contribution in [0.5, 0.6) is 0 Å². The van der Waals surface area contributed by atoms with Crippen molar-refractivity contribution in [3.63, 3.8) is 0 Å². The molecule has 19 heavy (non-hydrogen) atoms. The third kappa shape index (κ3) is 3.71. The van der Waals surface area contributed by atoms with Crippen LogP contribution in [0.15, 0.2) is 54.6 Å². The first kappa shape index (κ1) is 14.8. The standard InChI is InChI=1S/C16H16ClIO/c1-16(12-18,14-8-3-2-4-9-14)19-11-13-7-5-6-10-15(13)17/h2-10H,11-12H2,1H3. The van der Waals surface area contributed by atoms with E-state index in [1.54, 1.807) is 0 Å². The Bertz CT molecular complexity index is 529. The molecule has 0 heterocycles. The van der Waals surface area contributed by atoms with Gasteiger partial charge in [-0.05, 0) is 24.1 Å². The predicted molar refractivity (Wildman–Crippen MR) is 88.9 cm³/mol. The molecule has 2 aromatic rings. The van der Waals surface area contributed by atoms with Gasteiger partial charge in [-0.1, -0.05) is 82.7 Å². The van der Waals surface area contributed by atoms with E-state index in [1.165, 1.54) is 5.56 Å².